The number of anilines is 1. The minimum atomic E-state index is -0.0799. The smallest absolute Gasteiger partial charge is 0.228 e. The first-order chi connectivity index (χ1) is 18.6. The highest BCUT2D eigenvalue weighted by molar-refractivity contribution is 8.93. The predicted octanol–water partition coefficient (Wildman–Crippen LogP) is 10.2. The van der Waals surface area contributed by atoms with Crippen LogP contribution in [0.25, 0.3) is 0 Å². The summed E-state index contributed by atoms with van der Waals surface area (Å²) in [6, 6.07) is 13.6. The number of carbonyl (C=O) groups is 1. The molecular weight excluding hydrogens is 592 g/mol. The van der Waals surface area contributed by atoms with Crippen LogP contribution in [-0.4, -0.2) is 23.3 Å². The summed E-state index contributed by atoms with van der Waals surface area (Å²) in [5.74, 6) is 1.68. The Morgan fingerprint density at radius 2 is 1.56 bits per heavy atom. The van der Waals surface area contributed by atoms with Gasteiger partial charge in [-0.05, 0) is 47.2 Å². The third-order valence-electron chi connectivity index (χ3n) is 6.87. The van der Waals surface area contributed by atoms with Crippen LogP contribution in [-0.2, 0) is 17.8 Å². The molecule has 0 fully saturated rings. The average molecular weight is 638 g/mol. The van der Waals surface area contributed by atoms with Gasteiger partial charge in [0.25, 0.3) is 0 Å². The second-order valence-electron chi connectivity index (χ2n) is 10.2. The second-order valence-corrected chi connectivity index (χ2v) is 11.5. The Balaban J connectivity index is 0.00000533. The lowest BCUT2D eigenvalue weighted by molar-refractivity contribution is -0.115. The number of nitrogens with one attached hydrogen (secondary N) is 1. The lowest BCUT2D eigenvalue weighted by atomic mass is 10.1. The summed E-state index contributed by atoms with van der Waals surface area (Å²) in [4.78, 5) is 14.8. The minimum absolute atomic E-state index is 0. The molecule has 0 spiro atoms. The molecule has 0 aromatic heterocycles. The van der Waals surface area contributed by atoms with E-state index < -0.39 is 0 Å². The molecule has 1 heterocycles. The first-order valence-electron chi connectivity index (χ1n) is 14.5. The molecule has 0 atom stereocenters. The zero-order valence-electron chi connectivity index (χ0n) is 23.5. The molecule has 1 aliphatic heterocycles. The zero-order valence-corrected chi connectivity index (χ0v) is 26.8. The average Bonchev–Trinajstić information content (AvgIpc) is 3.42. The van der Waals surface area contributed by atoms with Crippen molar-refractivity contribution in [2.45, 2.75) is 96.9 Å². The Bertz CT molecular complexity index is 987. The number of ether oxygens (including phenoxy) is 1. The van der Waals surface area contributed by atoms with E-state index in [2.05, 4.69) is 40.9 Å². The Kier molecular flexibility index (Phi) is 17.5. The monoisotopic (exact) mass is 636 g/mol. The SMILES string of the molecule is Br.CCCCCCCCCCCCCCOc1ccc(CC(=O)Nc2ccc(CN3C=CSC3)cc2)c(Cl)c1. The maximum absolute atomic E-state index is 12.6. The largest absolute Gasteiger partial charge is 0.494 e. The molecule has 0 aliphatic carbocycles. The number of rotatable bonds is 19. The van der Waals surface area contributed by atoms with Crippen LogP contribution in [0.2, 0.25) is 5.02 Å². The molecular formula is C32H46BrClN2O2S. The van der Waals surface area contributed by atoms with Crippen LogP contribution in [0.1, 0.15) is 95.1 Å². The van der Waals surface area contributed by atoms with Crippen LogP contribution in [0.3, 0.4) is 0 Å². The van der Waals surface area contributed by atoms with Gasteiger partial charge in [0.1, 0.15) is 5.75 Å². The molecule has 2 aromatic carbocycles. The third kappa shape index (κ3) is 14.0. The molecule has 4 nitrogen and oxygen atoms in total. The maximum atomic E-state index is 12.6. The van der Waals surface area contributed by atoms with Crippen LogP contribution in [0.5, 0.6) is 5.75 Å². The molecule has 7 heteroatoms. The Morgan fingerprint density at radius 1 is 0.923 bits per heavy atom. The van der Waals surface area contributed by atoms with Crippen molar-refractivity contribution in [3.63, 3.8) is 0 Å². The molecule has 1 amide bonds. The van der Waals surface area contributed by atoms with E-state index in [-0.39, 0.29) is 29.3 Å². The van der Waals surface area contributed by atoms with Gasteiger partial charge in [-0.1, -0.05) is 107 Å². The van der Waals surface area contributed by atoms with E-state index in [9.17, 15) is 4.79 Å². The lowest BCUT2D eigenvalue weighted by Gasteiger charge is -2.15. The molecule has 1 N–H and O–H groups in total. The molecule has 0 radical (unpaired) electrons. The van der Waals surface area contributed by atoms with Crippen LogP contribution < -0.4 is 10.1 Å². The van der Waals surface area contributed by atoms with E-state index in [0.717, 1.165) is 35.8 Å². The van der Waals surface area contributed by atoms with Crippen LogP contribution in [0.15, 0.2) is 54.1 Å². The number of unbranched alkanes of at least 4 members (excludes halogenated alkanes) is 11. The van der Waals surface area contributed by atoms with Crippen molar-refractivity contribution in [3.05, 3.63) is 70.2 Å². The fourth-order valence-electron chi connectivity index (χ4n) is 4.61. The van der Waals surface area contributed by atoms with Crippen molar-refractivity contribution in [1.82, 2.24) is 4.90 Å². The van der Waals surface area contributed by atoms with Gasteiger partial charge in [-0.2, -0.15) is 0 Å². The number of benzene rings is 2. The third-order valence-corrected chi connectivity index (χ3v) is 8.02. The number of hydrogen-bond donors (Lipinski definition) is 1. The van der Waals surface area contributed by atoms with E-state index in [1.807, 2.05) is 30.3 Å². The molecule has 39 heavy (non-hydrogen) atoms. The molecule has 1 aliphatic rings. The number of carbonyl (C=O) groups excluding carboxylic acids is 1. The fraction of sp³-hybridized carbons (Fsp3) is 0.531. The summed E-state index contributed by atoms with van der Waals surface area (Å²) in [5, 5.41) is 5.65. The molecule has 0 unspecified atom stereocenters. The van der Waals surface area contributed by atoms with Gasteiger partial charge < -0.3 is 15.0 Å². The van der Waals surface area contributed by atoms with E-state index in [1.54, 1.807) is 11.8 Å². The standard InChI is InChI=1S/C32H45ClN2O2S.BrH/c1-2-3-4-5-6-7-8-9-10-11-12-13-21-37-30-19-16-28(31(33)24-30)23-32(36)34-29-17-14-27(15-18-29)25-35-20-22-38-26-35;/h14-20,22,24H,2-13,21,23,25-26H2,1H3,(H,34,36);1H. The zero-order chi connectivity index (χ0) is 26.8. The number of halogens is 2. The van der Waals surface area contributed by atoms with Gasteiger partial charge in [0.05, 0.1) is 18.9 Å². The Morgan fingerprint density at radius 3 is 2.15 bits per heavy atom. The summed E-state index contributed by atoms with van der Waals surface area (Å²) in [6.45, 7) is 3.85. The van der Waals surface area contributed by atoms with Crippen LogP contribution >= 0.6 is 40.3 Å². The van der Waals surface area contributed by atoms with Crippen LogP contribution in [0, 0.1) is 0 Å². The lowest BCUT2D eigenvalue weighted by Crippen LogP contribution is -2.15. The predicted molar refractivity (Wildman–Crippen MR) is 174 cm³/mol. The molecule has 2 aromatic rings. The van der Waals surface area contributed by atoms with Gasteiger partial charge >= 0.3 is 0 Å². The Hall–Kier alpha value is -1.63. The summed E-state index contributed by atoms with van der Waals surface area (Å²) in [7, 11) is 0. The number of hydrogen-bond acceptors (Lipinski definition) is 4. The van der Waals surface area contributed by atoms with Crippen molar-refractivity contribution in [2.24, 2.45) is 0 Å². The molecule has 0 saturated heterocycles. The number of thioether (sulfide) groups is 1. The maximum Gasteiger partial charge on any atom is 0.228 e. The van der Waals surface area contributed by atoms with Gasteiger partial charge in [-0.3, -0.25) is 4.79 Å². The fourth-order valence-corrected chi connectivity index (χ4v) is 5.56. The van der Waals surface area contributed by atoms with Crippen molar-refractivity contribution in [3.8, 4) is 5.75 Å². The highest BCUT2D eigenvalue weighted by atomic mass is 79.9. The normalized spacial score (nSPS) is 12.4. The minimum Gasteiger partial charge on any atom is -0.494 e. The summed E-state index contributed by atoms with van der Waals surface area (Å²) in [5.41, 5.74) is 2.82. The second kappa shape index (κ2) is 20.3. The van der Waals surface area contributed by atoms with E-state index in [4.69, 9.17) is 16.3 Å². The van der Waals surface area contributed by atoms with Gasteiger partial charge in [0.15, 0.2) is 0 Å². The molecule has 0 saturated carbocycles. The van der Waals surface area contributed by atoms with Gasteiger partial charge in [0.2, 0.25) is 5.91 Å². The topological polar surface area (TPSA) is 41.6 Å². The van der Waals surface area contributed by atoms with Crippen molar-refractivity contribution in [1.29, 1.82) is 0 Å². The molecule has 0 bridgehead atoms. The van der Waals surface area contributed by atoms with Crippen molar-refractivity contribution >= 4 is 51.9 Å². The Labute approximate surface area is 256 Å². The van der Waals surface area contributed by atoms with Gasteiger partial charge in [-0.15, -0.1) is 28.7 Å². The summed E-state index contributed by atoms with van der Waals surface area (Å²) >= 11 is 8.26. The molecule has 216 valence electrons. The number of nitrogens with zero attached hydrogens (tertiary/aromatic N) is 1. The van der Waals surface area contributed by atoms with E-state index in [1.165, 1.54) is 76.2 Å². The van der Waals surface area contributed by atoms with Gasteiger partial charge in [0, 0.05) is 23.5 Å². The van der Waals surface area contributed by atoms with E-state index >= 15 is 0 Å². The van der Waals surface area contributed by atoms with Crippen molar-refractivity contribution in [2.75, 3.05) is 17.8 Å². The van der Waals surface area contributed by atoms with Crippen molar-refractivity contribution < 1.29 is 9.53 Å². The highest BCUT2D eigenvalue weighted by Gasteiger charge is 2.10. The number of amides is 1. The van der Waals surface area contributed by atoms with Crippen LogP contribution in [0.4, 0.5) is 5.69 Å². The first-order valence-corrected chi connectivity index (χ1v) is 15.9. The first kappa shape index (κ1) is 33.6. The molecule has 3 rings (SSSR count). The quantitative estimate of drug-likeness (QED) is 0.156. The van der Waals surface area contributed by atoms with Gasteiger partial charge in [-0.25, -0.2) is 0 Å². The highest BCUT2D eigenvalue weighted by Crippen LogP contribution is 2.24. The van der Waals surface area contributed by atoms with E-state index in [0.29, 0.717) is 11.6 Å². The summed E-state index contributed by atoms with van der Waals surface area (Å²) in [6.07, 6.45) is 18.3. The summed E-state index contributed by atoms with van der Waals surface area (Å²) < 4.78 is 5.90.